The molecule has 3 aliphatic heterocycles. The predicted molar refractivity (Wildman–Crippen MR) is 128 cm³/mol. The van der Waals surface area contributed by atoms with E-state index >= 15 is 0 Å². The number of halogens is 1. The van der Waals surface area contributed by atoms with E-state index < -0.39 is 41.5 Å². The number of rotatable bonds is 8. The topological polar surface area (TPSA) is 139 Å². The summed E-state index contributed by atoms with van der Waals surface area (Å²) in [6, 6.07) is 5.78. The molecule has 3 unspecified atom stereocenters. The number of carbonyl (C=O) groups excluding carboxylic acids is 3. The number of likely N-dealkylation sites (tertiary alicyclic amines) is 1. The lowest BCUT2D eigenvalue weighted by molar-refractivity contribution is -0.145. The molecule has 12 heteroatoms. The zero-order valence-corrected chi connectivity index (χ0v) is 21.1. The van der Waals surface area contributed by atoms with Crippen molar-refractivity contribution in [3.63, 3.8) is 0 Å². The summed E-state index contributed by atoms with van der Waals surface area (Å²) in [6.07, 6.45) is 0.660. The number of alkyl halides is 1. The molecule has 1 spiro atoms. The summed E-state index contributed by atoms with van der Waals surface area (Å²) in [5.41, 5.74) is 0.299. The van der Waals surface area contributed by atoms with Crippen molar-refractivity contribution in [3.05, 3.63) is 24.3 Å². The maximum Gasteiger partial charge on any atom is 0.247 e. The Balaban J connectivity index is 1.46. The summed E-state index contributed by atoms with van der Waals surface area (Å²) < 4.78 is 7.97. The Morgan fingerprint density at radius 1 is 1.31 bits per heavy atom. The van der Waals surface area contributed by atoms with Gasteiger partial charge in [-0.15, -0.1) is 5.10 Å². The summed E-state index contributed by atoms with van der Waals surface area (Å²) in [4.78, 5) is 41.7. The highest BCUT2D eigenvalue weighted by molar-refractivity contribution is 9.09. The highest BCUT2D eigenvalue weighted by atomic mass is 79.9. The number of hydrogen-bond acceptors (Lipinski definition) is 7. The Bertz CT molecular complexity index is 1160. The molecule has 1 aromatic heterocycles. The number of nitrogens with one attached hydrogen (secondary N) is 2. The van der Waals surface area contributed by atoms with Gasteiger partial charge in [-0.3, -0.25) is 14.4 Å². The highest BCUT2D eigenvalue weighted by Crippen LogP contribution is 2.60. The van der Waals surface area contributed by atoms with Gasteiger partial charge >= 0.3 is 0 Å². The molecule has 0 saturated carbocycles. The third-order valence-corrected chi connectivity index (χ3v) is 8.23. The van der Waals surface area contributed by atoms with Crippen LogP contribution in [0.15, 0.2) is 24.3 Å². The van der Waals surface area contributed by atoms with Crippen molar-refractivity contribution in [2.24, 2.45) is 11.8 Å². The molecule has 3 aliphatic rings. The van der Waals surface area contributed by atoms with Crippen molar-refractivity contribution < 1.29 is 24.2 Å². The summed E-state index contributed by atoms with van der Waals surface area (Å²) >= 11 is 3.63. The second-order valence-electron chi connectivity index (χ2n) is 9.51. The average molecular weight is 549 g/mol. The van der Waals surface area contributed by atoms with Gasteiger partial charge in [0.25, 0.3) is 0 Å². The van der Waals surface area contributed by atoms with Gasteiger partial charge in [-0.05, 0) is 31.9 Å². The fraction of sp³-hybridized carbons (Fsp3) is 0.609. The van der Waals surface area contributed by atoms with Crippen LogP contribution in [0.4, 0.5) is 0 Å². The Hall–Kier alpha value is -2.57. The second kappa shape index (κ2) is 9.14. The zero-order chi connectivity index (χ0) is 24.9. The second-order valence-corrected chi connectivity index (χ2v) is 10.7. The SMILES string of the molecule is CCCNC(=O)[C@H]1[C@H]2C(=O)N([C@H](C)CO)C(C(=O)NCn3nnc4ccccc43)C23CC(Br)[C@@H]1O3. The van der Waals surface area contributed by atoms with Gasteiger partial charge in [0.05, 0.1) is 36.1 Å². The zero-order valence-electron chi connectivity index (χ0n) is 19.6. The third-order valence-electron chi connectivity index (χ3n) is 7.39. The lowest BCUT2D eigenvalue weighted by Crippen LogP contribution is -2.58. The van der Waals surface area contributed by atoms with E-state index in [2.05, 4.69) is 36.9 Å². The molecule has 3 fully saturated rings. The number of hydrogen-bond donors (Lipinski definition) is 3. The average Bonchev–Trinajstić information content (AvgIpc) is 3.57. The van der Waals surface area contributed by atoms with Gasteiger partial charge in [-0.25, -0.2) is 4.68 Å². The summed E-state index contributed by atoms with van der Waals surface area (Å²) in [7, 11) is 0. The number of carbonyl (C=O) groups is 3. The van der Waals surface area contributed by atoms with Gasteiger partial charge in [0.1, 0.15) is 23.8 Å². The first-order chi connectivity index (χ1) is 16.8. The Kier molecular flexibility index (Phi) is 6.30. The van der Waals surface area contributed by atoms with E-state index in [-0.39, 0.29) is 29.9 Å². The van der Waals surface area contributed by atoms with Crippen molar-refractivity contribution >= 4 is 44.7 Å². The van der Waals surface area contributed by atoms with E-state index in [1.165, 1.54) is 4.90 Å². The smallest absolute Gasteiger partial charge is 0.247 e. The van der Waals surface area contributed by atoms with E-state index in [9.17, 15) is 19.5 Å². The van der Waals surface area contributed by atoms with E-state index in [0.717, 1.165) is 11.9 Å². The van der Waals surface area contributed by atoms with E-state index in [0.29, 0.717) is 18.5 Å². The number of benzene rings is 1. The predicted octanol–water partition coefficient (Wildman–Crippen LogP) is 0.160. The Morgan fingerprint density at radius 2 is 2.09 bits per heavy atom. The first kappa shape index (κ1) is 24.1. The molecule has 0 radical (unpaired) electrons. The maximum absolute atomic E-state index is 13.7. The molecule has 3 amide bonds. The molecule has 3 N–H and O–H groups in total. The lowest BCUT2D eigenvalue weighted by Gasteiger charge is -2.35. The molecule has 1 aromatic carbocycles. The lowest BCUT2D eigenvalue weighted by atomic mass is 9.70. The van der Waals surface area contributed by atoms with Crippen LogP contribution in [-0.2, 0) is 25.8 Å². The van der Waals surface area contributed by atoms with Gasteiger partial charge < -0.3 is 25.4 Å². The van der Waals surface area contributed by atoms with Crippen LogP contribution in [-0.4, -0.2) is 84.5 Å². The molecule has 0 aliphatic carbocycles. The number of aliphatic hydroxyl groups excluding tert-OH is 1. The molecular weight excluding hydrogens is 520 g/mol. The number of aromatic nitrogens is 3. The van der Waals surface area contributed by atoms with Crippen LogP contribution in [0.3, 0.4) is 0 Å². The van der Waals surface area contributed by atoms with Gasteiger partial charge in [-0.2, -0.15) is 0 Å². The molecule has 4 heterocycles. The fourth-order valence-electron chi connectivity index (χ4n) is 5.88. The largest absolute Gasteiger partial charge is 0.394 e. The normalized spacial score (nSPS) is 32.2. The van der Waals surface area contributed by atoms with Crippen LogP contribution < -0.4 is 10.6 Å². The van der Waals surface area contributed by atoms with Crippen molar-refractivity contribution in [2.45, 2.75) is 62.0 Å². The minimum atomic E-state index is -1.16. The van der Waals surface area contributed by atoms with E-state index in [1.807, 2.05) is 31.2 Å². The fourth-order valence-corrected chi connectivity index (χ4v) is 6.82. The molecular formula is C23H29BrN6O5. The van der Waals surface area contributed by atoms with Crippen molar-refractivity contribution in [3.8, 4) is 0 Å². The number of nitrogens with zero attached hydrogens (tertiary/aromatic N) is 4. The highest BCUT2D eigenvalue weighted by Gasteiger charge is 2.76. The van der Waals surface area contributed by atoms with Gasteiger partial charge in [0.15, 0.2) is 0 Å². The monoisotopic (exact) mass is 548 g/mol. The standard InChI is InChI=1S/C23H29BrN6O5/c1-3-8-25-20(32)16-17-22(34)30(12(2)10-31)19(23(17)9-13(24)18(16)35-23)21(33)26-11-29-15-7-5-4-6-14(15)27-28-29/h4-7,12-13,16-19,31H,3,8-11H2,1-2H3,(H,25,32)(H,26,33)/t12-,13?,16+,17+,18+,19?,23?/m1/s1. The molecule has 7 atom stereocenters. The number of ether oxygens (including phenoxy) is 1. The quantitative estimate of drug-likeness (QED) is 0.399. The molecule has 2 aromatic rings. The van der Waals surface area contributed by atoms with Crippen LogP contribution in [0.1, 0.15) is 26.7 Å². The van der Waals surface area contributed by atoms with E-state index in [1.54, 1.807) is 11.6 Å². The van der Waals surface area contributed by atoms with Gasteiger partial charge in [-0.1, -0.05) is 40.2 Å². The van der Waals surface area contributed by atoms with Crippen molar-refractivity contribution in [2.75, 3.05) is 13.2 Å². The molecule has 2 bridgehead atoms. The first-order valence-corrected chi connectivity index (χ1v) is 12.8. The van der Waals surface area contributed by atoms with Crippen LogP contribution >= 0.6 is 15.9 Å². The minimum absolute atomic E-state index is 0.0493. The summed E-state index contributed by atoms with van der Waals surface area (Å²) in [5.74, 6) is -2.51. The third kappa shape index (κ3) is 3.64. The molecule has 5 rings (SSSR count). The van der Waals surface area contributed by atoms with Gasteiger partial charge in [0.2, 0.25) is 17.7 Å². The number of fused-ring (bicyclic) bond motifs is 2. The molecule has 35 heavy (non-hydrogen) atoms. The summed E-state index contributed by atoms with van der Waals surface area (Å²) in [6.45, 7) is 3.87. The molecule has 3 saturated heterocycles. The first-order valence-electron chi connectivity index (χ1n) is 11.9. The maximum atomic E-state index is 13.7. The van der Waals surface area contributed by atoms with E-state index in [4.69, 9.17) is 4.74 Å². The van der Waals surface area contributed by atoms with Crippen molar-refractivity contribution in [1.82, 2.24) is 30.5 Å². The summed E-state index contributed by atoms with van der Waals surface area (Å²) in [5, 5.41) is 23.9. The van der Waals surface area contributed by atoms with Crippen LogP contribution in [0.5, 0.6) is 0 Å². The molecule has 188 valence electrons. The Labute approximate surface area is 210 Å². The Morgan fingerprint density at radius 3 is 2.83 bits per heavy atom. The van der Waals surface area contributed by atoms with Crippen LogP contribution in [0.25, 0.3) is 11.0 Å². The van der Waals surface area contributed by atoms with Crippen molar-refractivity contribution in [1.29, 1.82) is 0 Å². The number of para-hydroxylation sites is 1. The number of amides is 3. The van der Waals surface area contributed by atoms with Crippen LogP contribution in [0.2, 0.25) is 0 Å². The van der Waals surface area contributed by atoms with Gasteiger partial charge in [0, 0.05) is 11.4 Å². The molecule has 11 nitrogen and oxygen atoms in total. The number of aliphatic hydroxyl groups is 1. The van der Waals surface area contributed by atoms with Crippen LogP contribution in [0, 0.1) is 11.8 Å². The minimum Gasteiger partial charge on any atom is -0.394 e.